The number of aromatic nitrogens is 1. The van der Waals surface area contributed by atoms with Crippen molar-refractivity contribution < 1.29 is 19.0 Å². The predicted molar refractivity (Wildman–Crippen MR) is 109 cm³/mol. The molecule has 0 atom stereocenters. The number of carbonyl (C=O) groups excluding carboxylic acids is 1. The van der Waals surface area contributed by atoms with E-state index in [1.165, 1.54) is 11.3 Å². The summed E-state index contributed by atoms with van der Waals surface area (Å²) in [6.07, 6.45) is 2.10. The minimum absolute atomic E-state index is 0.278. The van der Waals surface area contributed by atoms with Crippen molar-refractivity contribution in [3.8, 4) is 17.2 Å². The average molecular weight is 398 g/mol. The van der Waals surface area contributed by atoms with Crippen molar-refractivity contribution in [3.05, 3.63) is 46.8 Å². The van der Waals surface area contributed by atoms with E-state index in [0.29, 0.717) is 30.2 Å². The number of hydrogen-bond donors (Lipinski definition) is 0. The lowest BCUT2D eigenvalue weighted by atomic mass is 10.2. The SMILES string of the molecule is CCCCOc1ccc(C(=O)N=c2sc3cc4c(cc3n2C)OCCO4)cc1. The van der Waals surface area contributed by atoms with Gasteiger partial charge in [0, 0.05) is 24.7 Å². The van der Waals surface area contributed by atoms with Gasteiger partial charge in [-0.3, -0.25) is 4.79 Å². The van der Waals surface area contributed by atoms with Gasteiger partial charge in [-0.2, -0.15) is 4.99 Å². The second-order valence-electron chi connectivity index (χ2n) is 6.55. The highest BCUT2D eigenvalue weighted by atomic mass is 32.1. The molecule has 6 nitrogen and oxygen atoms in total. The fourth-order valence-electron chi connectivity index (χ4n) is 2.95. The van der Waals surface area contributed by atoms with Crippen LogP contribution in [0.3, 0.4) is 0 Å². The van der Waals surface area contributed by atoms with E-state index in [0.717, 1.165) is 40.3 Å². The van der Waals surface area contributed by atoms with Crippen LogP contribution in [0.2, 0.25) is 0 Å². The third-order valence-corrected chi connectivity index (χ3v) is 5.63. The van der Waals surface area contributed by atoms with Crippen LogP contribution in [0, 0.1) is 0 Å². The van der Waals surface area contributed by atoms with E-state index in [2.05, 4.69) is 11.9 Å². The smallest absolute Gasteiger partial charge is 0.279 e. The minimum Gasteiger partial charge on any atom is -0.494 e. The lowest BCUT2D eigenvalue weighted by Gasteiger charge is -2.18. The number of unbranched alkanes of at least 4 members (excludes halogenated alkanes) is 1. The number of ether oxygens (including phenoxy) is 3. The van der Waals surface area contributed by atoms with E-state index in [9.17, 15) is 4.79 Å². The Morgan fingerprint density at radius 3 is 2.61 bits per heavy atom. The fourth-order valence-corrected chi connectivity index (χ4v) is 3.98. The van der Waals surface area contributed by atoms with E-state index in [1.807, 2.05) is 35.9 Å². The second-order valence-corrected chi connectivity index (χ2v) is 7.56. The van der Waals surface area contributed by atoms with Crippen molar-refractivity contribution in [2.75, 3.05) is 19.8 Å². The summed E-state index contributed by atoms with van der Waals surface area (Å²) in [7, 11) is 1.89. The summed E-state index contributed by atoms with van der Waals surface area (Å²) < 4.78 is 19.8. The van der Waals surface area contributed by atoms with Crippen LogP contribution in [0.15, 0.2) is 41.4 Å². The van der Waals surface area contributed by atoms with Crippen LogP contribution in [-0.2, 0) is 7.05 Å². The van der Waals surface area contributed by atoms with Crippen LogP contribution in [-0.4, -0.2) is 30.3 Å². The normalized spacial score (nSPS) is 13.7. The van der Waals surface area contributed by atoms with Crippen LogP contribution < -0.4 is 19.0 Å². The molecule has 146 valence electrons. The van der Waals surface area contributed by atoms with Crippen molar-refractivity contribution in [1.29, 1.82) is 0 Å². The number of fused-ring (bicyclic) bond motifs is 2. The van der Waals surface area contributed by atoms with Gasteiger partial charge in [-0.05, 0) is 30.7 Å². The Kier molecular flexibility index (Phi) is 5.34. The monoisotopic (exact) mass is 398 g/mol. The van der Waals surface area contributed by atoms with E-state index in [1.54, 1.807) is 12.1 Å². The summed E-state index contributed by atoms with van der Waals surface area (Å²) in [5.41, 5.74) is 1.49. The van der Waals surface area contributed by atoms with Gasteiger partial charge in [0.25, 0.3) is 5.91 Å². The van der Waals surface area contributed by atoms with Gasteiger partial charge in [-0.1, -0.05) is 24.7 Å². The Balaban J connectivity index is 1.60. The zero-order valence-corrected chi connectivity index (χ0v) is 16.8. The molecule has 0 saturated heterocycles. The first-order valence-corrected chi connectivity index (χ1v) is 10.2. The second kappa shape index (κ2) is 8.06. The number of carbonyl (C=O) groups is 1. The van der Waals surface area contributed by atoms with Crippen molar-refractivity contribution in [1.82, 2.24) is 4.57 Å². The number of aryl methyl sites for hydroxylation is 1. The molecular weight excluding hydrogens is 376 g/mol. The zero-order valence-electron chi connectivity index (χ0n) is 15.9. The van der Waals surface area contributed by atoms with Crippen LogP contribution in [0.5, 0.6) is 17.2 Å². The maximum absolute atomic E-state index is 12.6. The number of nitrogens with zero attached hydrogens (tertiary/aromatic N) is 2. The standard InChI is InChI=1S/C21H22N2O4S/c1-3-4-9-25-15-7-5-14(6-8-15)20(24)22-21-23(2)16-12-17-18(13-19(16)28-21)27-11-10-26-17/h5-8,12-13H,3-4,9-11H2,1-2H3. The largest absolute Gasteiger partial charge is 0.494 e. The maximum atomic E-state index is 12.6. The van der Waals surface area contributed by atoms with Crippen molar-refractivity contribution >= 4 is 27.5 Å². The Morgan fingerprint density at radius 1 is 1.18 bits per heavy atom. The summed E-state index contributed by atoms with van der Waals surface area (Å²) in [4.78, 5) is 17.6. The highest BCUT2D eigenvalue weighted by Gasteiger charge is 2.15. The van der Waals surface area contributed by atoms with Crippen LogP contribution in [0.4, 0.5) is 0 Å². The number of amides is 1. The molecule has 2 aromatic carbocycles. The van der Waals surface area contributed by atoms with E-state index >= 15 is 0 Å². The molecule has 0 saturated carbocycles. The summed E-state index contributed by atoms with van der Waals surface area (Å²) >= 11 is 1.45. The molecule has 2 heterocycles. The van der Waals surface area contributed by atoms with E-state index < -0.39 is 0 Å². The molecule has 1 aromatic heterocycles. The molecule has 7 heteroatoms. The van der Waals surface area contributed by atoms with Gasteiger partial charge in [-0.25, -0.2) is 0 Å². The Labute approximate surface area is 167 Å². The molecule has 28 heavy (non-hydrogen) atoms. The molecule has 0 radical (unpaired) electrons. The molecule has 1 aliphatic heterocycles. The fraction of sp³-hybridized carbons (Fsp3) is 0.333. The Morgan fingerprint density at radius 2 is 1.89 bits per heavy atom. The van der Waals surface area contributed by atoms with Crippen molar-refractivity contribution in [2.45, 2.75) is 19.8 Å². The van der Waals surface area contributed by atoms with Crippen LogP contribution in [0.25, 0.3) is 10.2 Å². The van der Waals surface area contributed by atoms with Gasteiger partial charge >= 0.3 is 0 Å². The third kappa shape index (κ3) is 3.75. The molecule has 0 bridgehead atoms. The van der Waals surface area contributed by atoms with E-state index in [-0.39, 0.29) is 5.91 Å². The summed E-state index contributed by atoms with van der Waals surface area (Å²) in [6.45, 7) is 3.89. The molecule has 3 aromatic rings. The number of benzene rings is 2. The maximum Gasteiger partial charge on any atom is 0.279 e. The quantitative estimate of drug-likeness (QED) is 0.611. The minimum atomic E-state index is -0.278. The molecule has 0 N–H and O–H groups in total. The van der Waals surface area contributed by atoms with Gasteiger partial charge in [0.1, 0.15) is 19.0 Å². The summed E-state index contributed by atoms with van der Waals surface area (Å²) in [5, 5.41) is 0. The summed E-state index contributed by atoms with van der Waals surface area (Å²) in [5.74, 6) is 1.95. The number of thiazole rings is 1. The first-order valence-electron chi connectivity index (χ1n) is 9.37. The highest BCUT2D eigenvalue weighted by molar-refractivity contribution is 7.16. The van der Waals surface area contributed by atoms with E-state index in [4.69, 9.17) is 14.2 Å². The molecule has 4 rings (SSSR count). The lowest BCUT2D eigenvalue weighted by molar-refractivity contribution is 0.0998. The van der Waals surface area contributed by atoms with Gasteiger partial charge in [0.05, 0.1) is 16.8 Å². The van der Waals surface area contributed by atoms with Gasteiger partial charge < -0.3 is 18.8 Å². The van der Waals surface area contributed by atoms with Gasteiger partial charge in [0.2, 0.25) is 0 Å². The lowest BCUT2D eigenvalue weighted by Crippen LogP contribution is -2.15. The Bertz CT molecular complexity index is 1070. The number of hydrogen-bond acceptors (Lipinski definition) is 5. The molecule has 1 aliphatic rings. The zero-order chi connectivity index (χ0) is 19.5. The Hall–Kier alpha value is -2.80. The average Bonchev–Trinajstić information content (AvgIpc) is 3.01. The van der Waals surface area contributed by atoms with Crippen molar-refractivity contribution in [2.24, 2.45) is 12.0 Å². The van der Waals surface area contributed by atoms with Gasteiger partial charge in [-0.15, -0.1) is 0 Å². The first-order chi connectivity index (χ1) is 13.7. The highest BCUT2D eigenvalue weighted by Crippen LogP contribution is 2.35. The third-order valence-electron chi connectivity index (χ3n) is 4.54. The topological polar surface area (TPSA) is 62.0 Å². The summed E-state index contributed by atoms with van der Waals surface area (Å²) in [6, 6.07) is 11.0. The van der Waals surface area contributed by atoms with Crippen molar-refractivity contribution in [3.63, 3.8) is 0 Å². The van der Waals surface area contributed by atoms with Crippen LogP contribution >= 0.6 is 11.3 Å². The molecule has 0 fully saturated rings. The first kappa shape index (κ1) is 18.6. The predicted octanol–water partition coefficient (Wildman–Crippen LogP) is 3.93. The molecule has 0 spiro atoms. The number of rotatable bonds is 5. The molecule has 1 amide bonds. The molecular formula is C21H22N2O4S. The molecule has 0 aliphatic carbocycles. The van der Waals surface area contributed by atoms with Crippen LogP contribution in [0.1, 0.15) is 30.1 Å². The molecule has 0 unspecified atom stereocenters. The van der Waals surface area contributed by atoms with Gasteiger partial charge in [0.15, 0.2) is 16.3 Å².